The highest BCUT2D eigenvalue weighted by Crippen LogP contribution is 2.22. The summed E-state index contributed by atoms with van der Waals surface area (Å²) < 4.78 is 24.5. The summed E-state index contributed by atoms with van der Waals surface area (Å²) in [4.78, 5) is 0. The van der Waals surface area contributed by atoms with E-state index in [-0.39, 0.29) is 35.0 Å². The fourth-order valence-corrected chi connectivity index (χ4v) is 5.57. The molecule has 0 atom stereocenters. The Kier molecular flexibility index (Phi) is 12.5. The van der Waals surface area contributed by atoms with Crippen molar-refractivity contribution >= 4 is 19.0 Å². The molecule has 0 N–H and O–H groups in total. The van der Waals surface area contributed by atoms with Crippen LogP contribution in [0.5, 0.6) is 0 Å². The monoisotopic (exact) mass is 444 g/mol. The van der Waals surface area contributed by atoms with Crippen molar-refractivity contribution in [2.75, 3.05) is 0 Å². The highest BCUT2D eigenvalue weighted by atomic mass is 28.3. The summed E-state index contributed by atoms with van der Waals surface area (Å²) in [5.74, 6) is 0. The van der Waals surface area contributed by atoms with Crippen LogP contribution in [-0.2, 0) is 18.9 Å². The third kappa shape index (κ3) is 21.3. The van der Waals surface area contributed by atoms with E-state index in [1.54, 1.807) is 0 Å². The second kappa shape index (κ2) is 12.3. The lowest BCUT2D eigenvalue weighted by Crippen LogP contribution is -2.35. The summed E-state index contributed by atoms with van der Waals surface area (Å²) in [6.07, 6.45) is 1.66. The normalized spacial score (nSPS) is 14.3. The van der Waals surface area contributed by atoms with Crippen molar-refractivity contribution in [3.63, 3.8) is 0 Å². The zero-order valence-corrected chi connectivity index (χ0v) is 23.3. The van der Waals surface area contributed by atoms with Gasteiger partial charge in [0.25, 0.3) is 0 Å². The molecule has 0 saturated carbocycles. The first-order valence-electron chi connectivity index (χ1n) is 11.0. The minimum Gasteiger partial charge on any atom is -0.347 e. The Morgan fingerprint density at radius 2 is 0.724 bits per heavy atom. The summed E-state index contributed by atoms with van der Waals surface area (Å²) in [6, 6.07) is 2.31. The fraction of sp³-hybridized carbons (Fsp3) is 1.00. The van der Waals surface area contributed by atoms with E-state index in [0.29, 0.717) is 0 Å². The summed E-state index contributed by atoms with van der Waals surface area (Å²) in [5, 5.41) is 0. The Morgan fingerprint density at radius 3 is 0.931 bits per heavy atom. The van der Waals surface area contributed by atoms with E-state index in [1.807, 2.05) is 0 Å². The molecule has 0 aliphatic heterocycles. The number of hydrogen-bond donors (Lipinski definition) is 0. The Bertz CT molecular complexity index is 356. The quantitative estimate of drug-likeness (QED) is 0.201. The zero-order valence-electron chi connectivity index (χ0n) is 21.3. The Hall–Kier alpha value is 0.274. The molecule has 0 fully saturated rings. The minimum atomic E-state index is -0.185. The third-order valence-corrected chi connectivity index (χ3v) is 6.59. The van der Waals surface area contributed by atoms with Crippen molar-refractivity contribution in [2.45, 2.75) is 149 Å². The first kappa shape index (κ1) is 29.3. The molecule has 172 valence electrons. The van der Waals surface area contributed by atoms with Gasteiger partial charge in [0.05, 0.1) is 22.4 Å². The summed E-state index contributed by atoms with van der Waals surface area (Å²) in [6.45, 7) is 25.1. The lowest BCUT2D eigenvalue weighted by Gasteiger charge is -2.32. The van der Waals surface area contributed by atoms with E-state index in [0.717, 1.165) is 44.0 Å². The topological polar surface area (TPSA) is 36.9 Å². The highest BCUT2D eigenvalue weighted by molar-refractivity contribution is 6.55. The minimum absolute atomic E-state index is 0.129. The maximum absolute atomic E-state index is 6.12. The molecule has 0 aromatic rings. The fourth-order valence-electron chi connectivity index (χ4n) is 2.57. The van der Waals surface area contributed by atoms with Gasteiger partial charge in [-0.25, -0.2) is 0 Å². The van der Waals surface area contributed by atoms with Crippen LogP contribution in [0.1, 0.15) is 95.9 Å². The SMILES string of the molecule is CC(C)(C)OC(CC[Si]C[Si]CCC(OC(C)(C)C)OC(C)(C)C)OC(C)(C)C. The molecule has 0 amide bonds. The van der Waals surface area contributed by atoms with Crippen LogP contribution in [0, 0.1) is 0 Å². The molecule has 29 heavy (non-hydrogen) atoms. The Balaban J connectivity index is 4.23. The van der Waals surface area contributed by atoms with Crippen molar-refractivity contribution in [3.05, 3.63) is 0 Å². The smallest absolute Gasteiger partial charge is 0.158 e. The second-order valence-corrected chi connectivity index (χ2v) is 14.9. The molecular formula is C23H48O4Si2. The molecule has 6 heteroatoms. The molecule has 0 spiro atoms. The molecule has 0 aromatic heterocycles. The lowest BCUT2D eigenvalue weighted by molar-refractivity contribution is -0.234. The third-order valence-electron chi connectivity index (χ3n) is 3.30. The molecule has 0 heterocycles. The van der Waals surface area contributed by atoms with Crippen LogP contribution in [0.15, 0.2) is 0 Å². The van der Waals surface area contributed by atoms with Gasteiger partial charge in [0, 0.05) is 19.0 Å². The molecule has 0 unspecified atom stereocenters. The molecule has 4 nitrogen and oxygen atoms in total. The largest absolute Gasteiger partial charge is 0.347 e. The second-order valence-electron chi connectivity index (χ2n) is 11.5. The molecule has 0 aliphatic carbocycles. The van der Waals surface area contributed by atoms with Gasteiger partial charge >= 0.3 is 0 Å². The molecule has 0 aromatic carbocycles. The van der Waals surface area contributed by atoms with E-state index in [2.05, 4.69) is 83.1 Å². The van der Waals surface area contributed by atoms with Crippen LogP contribution in [0.4, 0.5) is 0 Å². The average Bonchev–Trinajstić information content (AvgIpc) is 2.38. The van der Waals surface area contributed by atoms with Crippen molar-refractivity contribution in [1.82, 2.24) is 0 Å². The number of ether oxygens (including phenoxy) is 4. The van der Waals surface area contributed by atoms with Crippen molar-refractivity contribution < 1.29 is 18.9 Å². The van der Waals surface area contributed by atoms with Crippen LogP contribution in [0.25, 0.3) is 0 Å². The summed E-state index contributed by atoms with van der Waals surface area (Å²) >= 11 is 0. The molecule has 0 saturated heterocycles. The van der Waals surface area contributed by atoms with E-state index in [9.17, 15) is 0 Å². The molecular weight excluding hydrogens is 396 g/mol. The zero-order chi connectivity index (χ0) is 22.9. The first-order chi connectivity index (χ1) is 12.9. The van der Waals surface area contributed by atoms with Crippen molar-refractivity contribution in [2.24, 2.45) is 0 Å². The summed E-state index contributed by atoms with van der Waals surface area (Å²) in [5.41, 5.74) is 0.535. The molecule has 0 rings (SSSR count). The standard InChI is InChI=1S/C23H48O4Si2/c1-20(2,3)24-18(25-21(4,5)6)13-15-28-17-29-16-14-19(26-22(7,8)9)27-23(10,11)12/h18-19H,13-17H2,1-12H3. The molecule has 4 radical (unpaired) electrons. The van der Waals surface area contributed by atoms with Gasteiger partial charge in [0.1, 0.15) is 0 Å². The van der Waals surface area contributed by atoms with Gasteiger partial charge in [0.2, 0.25) is 0 Å². The van der Waals surface area contributed by atoms with Gasteiger partial charge in [-0.05, 0) is 95.9 Å². The van der Waals surface area contributed by atoms with Gasteiger partial charge in [-0.15, -0.1) is 0 Å². The highest BCUT2D eigenvalue weighted by Gasteiger charge is 2.25. The molecule has 0 bridgehead atoms. The van der Waals surface area contributed by atoms with Crippen LogP contribution < -0.4 is 0 Å². The van der Waals surface area contributed by atoms with E-state index in [4.69, 9.17) is 18.9 Å². The van der Waals surface area contributed by atoms with Crippen LogP contribution >= 0.6 is 0 Å². The van der Waals surface area contributed by atoms with E-state index < -0.39 is 0 Å². The van der Waals surface area contributed by atoms with E-state index >= 15 is 0 Å². The van der Waals surface area contributed by atoms with Crippen LogP contribution in [0.3, 0.4) is 0 Å². The van der Waals surface area contributed by atoms with E-state index in [1.165, 1.54) is 5.67 Å². The number of rotatable bonds is 12. The first-order valence-corrected chi connectivity index (χ1v) is 13.8. The van der Waals surface area contributed by atoms with Crippen LogP contribution in [-0.4, -0.2) is 54.0 Å². The van der Waals surface area contributed by atoms with Gasteiger partial charge in [-0.3, -0.25) is 0 Å². The van der Waals surface area contributed by atoms with Gasteiger partial charge in [-0.2, -0.15) is 0 Å². The Morgan fingerprint density at radius 1 is 0.483 bits per heavy atom. The lowest BCUT2D eigenvalue weighted by atomic mass is 10.2. The van der Waals surface area contributed by atoms with Gasteiger partial charge in [-0.1, -0.05) is 17.8 Å². The summed E-state index contributed by atoms with van der Waals surface area (Å²) in [7, 11) is 1.90. The van der Waals surface area contributed by atoms with Gasteiger partial charge < -0.3 is 18.9 Å². The van der Waals surface area contributed by atoms with Crippen LogP contribution in [0.2, 0.25) is 17.8 Å². The van der Waals surface area contributed by atoms with Crippen molar-refractivity contribution in [1.29, 1.82) is 0 Å². The van der Waals surface area contributed by atoms with Gasteiger partial charge in [0.15, 0.2) is 12.6 Å². The Labute approximate surface area is 186 Å². The predicted molar refractivity (Wildman–Crippen MR) is 126 cm³/mol. The molecule has 0 aliphatic rings. The number of hydrogen-bond acceptors (Lipinski definition) is 4. The van der Waals surface area contributed by atoms with Crippen molar-refractivity contribution in [3.8, 4) is 0 Å². The average molecular weight is 445 g/mol. The maximum atomic E-state index is 6.12. The maximum Gasteiger partial charge on any atom is 0.158 e. The predicted octanol–water partition coefficient (Wildman–Crippen LogP) is 6.30.